The Bertz CT molecular complexity index is 921. The smallest absolute Gasteiger partial charge is 0.253 e. The van der Waals surface area contributed by atoms with Crippen LogP contribution < -0.4 is 4.90 Å². The molecule has 0 spiro atoms. The topological polar surface area (TPSA) is 62.5 Å². The van der Waals surface area contributed by atoms with Crippen LogP contribution in [0.15, 0.2) is 59.1 Å². The van der Waals surface area contributed by atoms with Crippen molar-refractivity contribution >= 4 is 11.6 Å². The molecule has 1 aromatic heterocycles. The number of rotatable bonds is 4. The molecule has 6 nitrogen and oxygen atoms in total. The van der Waals surface area contributed by atoms with Gasteiger partial charge in [0.05, 0.1) is 0 Å². The molecule has 2 aromatic carbocycles. The van der Waals surface area contributed by atoms with Crippen LogP contribution in [0.5, 0.6) is 0 Å². The van der Waals surface area contributed by atoms with E-state index in [1.165, 1.54) is 0 Å². The van der Waals surface area contributed by atoms with Crippen molar-refractivity contribution in [3.05, 3.63) is 66.1 Å². The summed E-state index contributed by atoms with van der Waals surface area (Å²) in [6, 6.07) is 17.9. The van der Waals surface area contributed by atoms with Crippen molar-refractivity contribution in [3.63, 3.8) is 0 Å². The Morgan fingerprint density at radius 3 is 2.56 bits per heavy atom. The van der Waals surface area contributed by atoms with Crippen molar-refractivity contribution in [2.24, 2.45) is 0 Å². The second kappa shape index (κ2) is 7.23. The number of carbonyl (C=O) groups is 1. The molecule has 6 heteroatoms. The quantitative estimate of drug-likeness (QED) is 0.712. The number of carbonyl (C=O) groups excluding carboxylic acids is 1. The highest BCUT2D eigenvalue weighted by molar-refractivity contribution is 5.94. The summed E-state index contributed by atoms with van der Waals surface area (Å²) in [7, 11) is 2.08. The first-order chi connectivity index (χ1) is 13.1. The van der Waals surface area contributed by atoms with Crippen molar-refractivity contribution in [2.45, 2.75) is 19.4 Å². The Balaban J connectivity index is 1.43. The zero-order valence-electron chi connectivity index (χ0n) is 15.5. The molecule has 27 heavy (non-hydrogen) atoms. The summed E-state index contributed by atoms with van der Waals surface area (Å²) in [4.78, 5) is 21.1. The van der Waals surface area contributed by atoms with Crippen LogP contribution in [0, 0.1) is 6.92 Å². The van der Waals surface area contributed by atoms with Gasteiger partial charge < -0.3 is 14.3 Å². The molecule has 1 aliphatic rings. The number of aromatic nitrogens is 2. The van der Waals surface area contributed by atoms with Gasteiger partial charge in [0.2, 0.25) is 11.7 Å². The Morgan fingerprint density at radius 1 is 1.15 bits per heavy atom. The van der Waals surface area contributed by atoms with Crippen LogP contribution >= 0.6 is 0 Å². The van der Waals surface area contributed by atoms with Gasteiger partial charge in [0, 0.05) is 49.9 Å². The van der Waals surface area contributed by atoms with Crippen molar-refractivity contribution in [1.29, 1.82) is 0 Å². The predicted octanol–water partition coefficient (Wildman–Crippen LogP) is 3.40. The maximum atomic E-state index is 12.6. The summed E-state index contributed by atoms with van der Waals surface area (Å²) in [5.74, 6) is 1.26. The van der Waals surface area contributed by atoms with Crippen LogP contribution in [0.25, 0.3) is 11.4 Å². The zero-order valence-corrected chi connectivity index (χ0v) is 15.5. The van der Waals surface area contributed by atoms with E-state index in [9.17, 15) is 4.79 Å². The molecule has 0 radical (unpaired) electrons. The van der Waals surface area contributed by atoms with E-state index in [-0.39, 0.29) is 5.91 Å². The minimum atomic E-state index is 0.106. The molecule has 1 aliphatic heterocycles. The molecule has 0 saturated carbocycles. The Kier molecular flexibility index (Phi) is 4.62. The summed E-state index contributed by atoms with van der Waals surface area (Å²) in [5, 5.41) is 3.95. The molecular formula is C21H22N4O2. The number of amides is 1. The fourth-order valence-electron chi connectivity index (χ4n) is 3.48. The van der Waals surface area contributed by atoms with Gasteiger partial charge in [-0.3, -0.25) is 4.79 Å². The van der Waals surface area contributed by atoms with Crippen molar-refractivity contribution in [3.8, 4) is 11.4 Å². The molecule has 0 aliphatic carbocycles. The van der Waals surface area contributed by atoms with Gasteiger partial charge in [-0.05, 0) is 42.8 Å². The number of likely N-dealkylation sites (tertiary alicyclic amines) is 1. The lowest BCUT2D eigenvalue weighted by Crippen LogP contribution is -2.36. The van der Waals surface area contributed by atoms with Crippen molar-refractivity contribution in [2.75, 3.05) is 25.0 Å². The lowest BCUT2D eigenvalue weighted by Gasteiger charge is -2.27. The molecule has 138 valence electrons. The lowest BCUT2D eigenvalue weighted by molar-refractivity contribution is 0.0791. The van der Waals surface area contributed by atoms with Gasteiger partial charge >= 0.3 is 0 Å². The van der Waals surface area contributed by atoms with Crippen LogP contribution in [-0.4, -0.2) is 47.1 Å². The fraction of sp³-hybridized carbons (Fsp3) is 0.286. The summed E-state index contributed by atoms with van der Waals surface area (Å²) >= 11 is 0. The summed E-state index contributed by atoms with van der Waals surface area (Å²) in [6.45, 7) is 3.29. The minimum Gasteiger partial charge on any atom is -0.370 e. The Morgan fingerprint density at radius 2 is 1.89 bits per heavy atom. The Labute approximate surface area is 158 Å². The maximum Gasteiger partial charge on any atom is 0.253 e. The van der Waals surface area contributed by atoms with Crippen LogP contribution in [0.1, 0.15) is 22.7 Å². The number of likely N-dealkylation sites (N-methyl/N-ethyl adjacent to an activating group) is 1. The maximum absolute atomic E-state index is 12.6. The van der Waals surface area contributed by atoms with E-state index < -0.39 is 0 Å². The normalized spacial score (nSPS) is 16.5. The highest BCUT2D eigenvalue weighted by Gasteiger charge is 2.29. The highest BCUT2D eigenvalue weighted by Crippen LogP contribution is 2.25. The predicted molar refractivity (Wildman–Crippen MR) is 104 cm³/mol. The number of nitrogens with zero attached hydrogens (tertiary/aromatic N) is 4. The molecule has 0 bridgehead atoms. The molecule has 1 saturated heterocycles. The molecule has 1 amide bonds. The van der Waals surface area contributed by atoms with Crippen molar-refractivity contribution < 1.29 is 9.32 Å². The number of hydrogen-bond donors (Lipinski definition) is 0. The lowest BCUT2D eigenvalue weighted by atomic mass is 10.1. The second-order valence-electron chi connectivity index (χ2n) is 6.85. The number of aryl methyl sites for hydroxylation is 1. The summed E-state index contributed by atoms with van der Waals surface area (Å²) < 4.78 is 5.04. The first-order valence-electron chi connectivity index (χ1n) is 9.10. The van der Waals surface area contributed by atoms with E-state index in [0.29, 0.717) is 17.8 Å². The summed E-state index contributed by atoms with van der Waals surface area (Å²) in [5.41, 5.74) is 2.79. The Hall–Kier alpha value is -3.15. The van der Waals surface area contributed by atoms with Gasteiger partial charge in [0.15, 0.2) is 0 Å². The monoisotopic (exact) mass is 362 g/mol. The van der Waals surface area contributed by atoms with E-state index in [0.717, 1.165) is 36.3 Å². The third kappa shape index (κ3) is 3.56. The highest BCUT2D eigenvalue weighted by atomic mass is 16.5. The molecule has 2 heterocycles. The average molecular weight is 362 g/mol. The molecule has 1 fully saturated rings. The van der Waals surface area contributed by atoms with Crippen LogP contribution in [0.2, 0.25) is 0 Å². The van der Waals surface area contributed by atoms with Crippen molar-refractivity contribution in [1.82, 2.24) is 15.0 Å². The van der Waals surface area contributed by atoms with Gasteiger partial charge in [-0.1, -0.05) is 23.4 Å². The van der Waals surface area contributed by atoms with E-state index in [1.54, 1.807) is 6.92 Å². The van der Waals surface area contributed by atoms with Gasteiger partial charge in [-0.15, -0.1) is 0 Å². The molecule has 1 unspecified atom stereocenters. The van der Waals surface area contributed by atoms with Crippen LogP contribution in [0.4, 0.5) is 5.69 Å². The van der Waals surface area contributed by atoms with E-state index in [4.69, 9.17) is 4.52 Å². The van der Waals surface area contributed by atoms with E-state index in [2.05, 4.69) is 34.2 Å². The first-order valence-corrected chi connectivity index (χ1v) is 9.10. The third-order valence-electron chi connectivity index (χ3n) is 5.08. The minimum absolute atomic E-state index is 0.106. The van der Waals surface area contributed by atoms with Gasteiger partial charge in [-0.2, -0.15) is 4.98 Å². The number of benzene rings is 2. The number of hydrogen-bond acceptors (Lipinski definition) is 5. The SMILES string of the molecule is Cc1nc(-c2ccc(N(C)C3CCN(C(=O)c4ccccc4)C3)cc2)no1. The van der Waals surface area contributed by atoms with E-state index >= 15 is 0 Å². The molecule has 3 aromatic rings. The first kappa shape index (κ1) is 17.3. The molecule has 1 atom stereocenters. The standard InChI is InChI=1S/C21H22N4O2/c1-15-22-20(23-27-15)16-8-10-18(11-9-16)24(2)19-12-13-25(14-19)21(26)17-6-4-3-5-7-17/h3-11,19H,12-14H2,1-2H3. The average Bonchev–Trinajstić information content (AvgIpc) is 3.37. The fourth-order valence-corrected chi connectivity index (χ4v) is 3.48. The van der Waals surface area contributed by atoms with Gasteiger partial charge in [0.1, 0.15) is 0 Å². The molecule has 4 rings (SSSR count). The summed E-state index contributed by atoms with van der Waals surface area (Å²) in [6.07, 6.45) is 0.959. The largest absolute Gasteiger partial charge is 0.370 e. The zero-order chi connectivity index (χ0) is 18.8. The van der Waals surface area contributed by atoms with Gasteiger partial charge in [0.25, 0.3) is 5.91 Å². The molecule has 0 N–H and O–H groups in total. The van der Waals surface area contributed by atoms with Crippen LogP contribution in [0.3, 0.4) is 0 Å². The molecular weight excluding hydrogens is 340 g/mol. The van der Waals surface area contributed by atoms with E-state index in [1.807, 2.05) is 47.4 Å². The van der Waals surface area contributed by atoms with Crippen LogP contribution in [-0.2, 0) is 0 Å². The third-order valence-corrected chi connectivity index (χ3v) is 5.08. The second-order valence-corrected chi connectivity index (χ2v) is 6.85. The van der Waals surface area contributed by atoms with Gasteiger partial charge in [-0.25, -0.2) is 0 Å². The number of anilines is 1.